The van der Waals surface area contributed by atoms with E-state index in [-0.39, 0.29) is 21.7 Å². The van der Waals surface area contributed by atoms with Crippen LogP contribution < -0.4 is 9.47 Å². The number of halogens is 3. The van der Waals surface area contributed by atoms with Crippen molar-refractivity contribution in [3.8, 4) is 17.2 Å². The molecular weight excluding hydrogens is 347 g/mol. The number of hydrogen-bond acceptors (Lipinski definition) is 3. The van der Waals surface area contributed by atoms with E-state index in [0.29, 0.717) is 24.0 Å². The third kappa shape index (κ3) is 4.87. The summed E-state index contributed by atoms with van der Waals surface area (Å²) in [7, 11) is 0. The summed E-state index contributed by atoms with van der Waals surface area (Å²) in [6.07, 6.45) is 0. The minimum atomic E-state index is 0.00136. The van der Waals surface area contributed by atoms with Gasteiger partial charge in [0.25, 0.3) is 0 Å². The second-order valence-corrected chi connectivity index (χ2v) is 6.17. The van der Waals surface area contributed by atoms with Gasteiger partial charge in [-0.2, -0.15) is 0 Å². The van der Waals surface area contributed by atoms with Gasteiger partial charge in [-0.25, -0.2) is 0 Å². The van der Waals surface area contributed by atoms with Crippen LogP contribution in [0.5, 0.6) is 17.2 Å². The molecule has 0 saturated heterocycles. The molecular formula is C16H15Cl3O3. The van der Waals surface area contributed by atoms with Crippen LogP contribution in [0, 0.1) is 5.92 Å². The first-order valence-electron chi connectivity index (χ1n) is 6.65. The van der Waals surface area contributed by atoms with E-state index < -0.39 is 0 Å². The van der Waals surface area contributed by atoms with Crippen molar-refractivity contribution in [2.75, 3.05) is 13.2 Å². The van der Waals surface area contributed by atoms with Crippen molar-refractivity contribution in [2.24, 2.45) is 5.92 Å². The minimum Gasteiger partial charge on any atom is -0.508 e. The van der Waals surface area contributed by atoms with Crippen LogP contribution >= 0.6 is 34.8 Å². The molecule has 0 aliphatic rings. The molecule has 0 aliphatic carbocycles. The molecule has 22 heavy (non-hydrogen) atoms. The van der Waals surface area contributed by atoms with Gasteiger partial charge in [0.2, 0.25) is 0 Å². The van der Waals surface area contributed by atoms with Gasteiger partial charge >= 0.3 is 0 Å². The number of phenolic OH excluding ortho intramolecular Hbond substituents is 1. The van der Waals surface area contributed by atoms with Crippen molar-refractivity contribution in [3.05, 3.63) is 51.5 Å². The maximum Gasteiger partial charge on any atom is 0.156 e. The first-order valence-corrected chi connectivity index (χ1v) is 7.78. The zero-order valence-electron chi connectivity index (χ0n) is 11.9. The van der Waals surface area contributed by atoms with Gasteiger partial charge < -0.3 is 14.6 Å². The molecule has 2 aromatic rings. The van der Waals surface area contributed by atoms with Gasteiger partial charge in [0.1, 0.15) is 11.5 Å². The number of hydrogen-bond donors (Lipinski definition) is 1. The van der Waals surface area contributed by atoms with Crippen LogP contribution in [-0.2, 0) is 0 Å². The molecule has 0 amide bonds. The lowest BCUT2D eigenvalue weighted by Crippen LogP contribution is -2.16. The lowest BCUT2D eigenvalue weighted by molar-refractivity contribution is 0.188. The lowest BCUT2D eigenvalue weighted by atomic mass is 10.2. The highest BCUT2D eigenvalue weighted by molar-refractivity contribution is 6.37. The third-order valence-corrected chi connectivity index (χ3v) is 3.66. The molecule has 0 bridgehead atoms. The largest absolute Gasteiger partial charge is 0.508 e. The monoisotopic (exact) mass is 360 g/mol. The van der Waals surface area contributed by atoms with Gasteiger partial charge in [0.05, 0.1) is 23.3 Å². The fraction of sp³-hybridized carbons (Fsp3) is 0.250. The molecule has 0 aliphatic heterocycles. The van der Waals surface area contributed by atoms with Gasteiger partial charge in [-0.3, -0.25) is 0 Å². The summed E-state index contributed by atoms with van der Waals surface area (Å²) in [6.45, 7) is 2.85. The maximum atomic E-state index is 9.37. The number of phenols is 1. The summed E-state index contributed by atoms with van der Waals surface area (Å²) < 4.78 is 11.3. The van der Waals surface area contributed by atoms with E-state index in [1.807, 2.05) is 19.1 Å². The average Bonchev–Trinajstić information content (AvgIpc) is 2.45. The predicted molar refractivity (Wildman–Crippen MR) is 89.7 cm³/mol. The maximum absolute atomic E-state index is 9.37. The highest BCUT2D eigenvalue weighted by atomic mass is 35.5. The van der Waals surface area contributed by atoms with Crippen molar-refractivity contribution < 1.29 is 14.6 Å². The Kier molecular flexibility index (Phi) is 6.07. The fourth-order valence-electron chi connectivity index (χ4n) is 1.73. The Morgan fingerprint density at radius 3 is 2.09 bits per heavy atom. The Bertz CT molecular complexity index is 606. The first-order chi connectivity index (χ1) is 10.5. The van der Waals surface area contributed by atoms with Crippen molar-refractivity contribution in [2.45, 2.75) is 6.92 Å². The second-order valence-electron chi connectivity index (χ2n) is 4.92. The molecule has 1 N–H and O–H groups in total. The molecule has 1 unspecified atom stereocenters. The van der Waals surface area contributed by atoms with Gasteiger partial charge in [0, 0.05) is 23.1 Å². The van der Waals surface area contributed by atoms with Gasteiger partial charge in [-0.15, -0.1) is 0 Å². The number of aromatic hydroxyl groups is 1. The van der Waals surface area contributed by atoms with Crippen molar-refractivity contribution in [3.63, 3.8) is 0 Å². The average molecular weight is 362 g/mol. The van der Waals surface area contributed by atoms with Crippen LogP contribution in [0.15, 0.2) is 36.4 Å². The van der Waals surface area contributed by atoms with Crippen LogP contribution in [-0.4, -0.2) is 18.3 Å². The van der Waals surface area contributed by atoms with Crippen molar-refractivity contribution in [1.82, 2.24) is 0 Å². The summed E-state index contributed by atoms with van der Waals surface area (Å²) in [5.74, 6) is 1.23. The Labute approximate surface area is 144 Å². The first kappa shape index (κ1) is 17.1. The zero-order chi connectivity index (χ0) is 16.1. The summed E-state index contributed by atoms with van der Waals surface area (Å²) in [5, 5.41) is 10.6. The highest BCUT2D eigenvalue weighted by Gasteiger charge is 2.12. The summed E-state index contributed by atoms with van der Waals surface area (Å²) in [6, 6.07) is 9.94. The van der Waals surface area contributed by atoms with E-state index in [0.717, 1.165) is 5.75 Å². The molecule has 6 heteroatoms. The second kappa shape index (κ2) is 7.82. The van der Waals surface area contributed by atoms with E-state index >= 15 is 0 Å². The molecule has 0 spiro atoms. The molecule has 2 rings (SSSR count). The van der Waals surface area contributed by atoms with Crippen LogP contribution in [0.2, 0.25) is 15.1 Å². The number of benzene rings is 2. The lowest BCUT2D eigenvalue weighted by Gasteiger charge is -2.16. The zero-order valence-corrected chi connectivity index (χ0v) is 14.1. The highest BCUT2D eigenvalue weighted by Crippen LogP contribution is 2.36. The van der Waals surface area contributed by atoms with Gasteiger partial charge in [-0.1, -0.05) is 41.7 Å². The Hall–Kier alpha value is -1.29. The fourth-order valence-corrected chi connectivity index (χ4v) is 2.44. The van der Waals surface area contributed by atoms with Gasteiger partial charge in [-0.05, 0) is 24.3 Å². The summed E-state index contributed by atoms with van der Waals surface area (Å²) >= 11 is 17.8. The van der Waals surface area contributed by atoms with Crippen LogP contribution in [0.25, 0.3) is 0 Å². The molecule has 1 atom stereocenters. The minimum absolute atomic E-state index is 0.00136. The molecule has 3 nitrogen and oxygen atoms in total. The number of rotatable bonds is 6. The molecule has 0 aromatic heterocycles. The molecule has 0 saturated carbocycles. The van der Waals surface area contributed by atoms with E-state index in [1.165, 1.54) is 12.1 Å². The molecule has 2 aromatic carbocycles. The van der Waals surface area contributed by atoms with E-state index in [1.54, 1.807) is 12.1 Å². The molecule has 0 heterocycles. The summed E-state index contributed by atoms with van der Waals surface area (Å²) in [4.78, 5) is 0. The van der Waals surface area contributed by atoms with Crippen LogP contribution in [0.4, 0.5) is 0 Å². The predicted octanol–water partition coefficient (Wildman–Crippen LogP) is 5.45. The van der Waals surface area contributed by atoms with E-state index in [2.05, 4.69) is 0 Å². The topological polar surface area (TPSA) is 38.7 Å². The quantitative estimate of drug-likeness (QED) is 0.744. The Balaban J connectivity index is 1.85. The van der Waals surface area contributed by atoms with E-state index in [9.17, 15) is 5.11 Å². The molecule has 0 fully saturated rings. The normalized spacial score (nSPS) is 12.0. The van der Waals surface area contributed by atoms with Crippen LogP contribution in [0.1, 0.15) is 6.92 Å². The SMILES string of the molecule is CC(COc1ccc(Cl)cc1)COc1c(Cl)cc(O)cc1Cl. The molecule has 118 valence electrons. The van der Waals surface area contributed by atoms with Gasteiger partial charge in [0.15, 0.2) is 5.75 Å². The smallest absolute Gasteiger partial charge is 0.156 e. The molecule has 0 radical (unpaired) electrons. The Morgan fingerprint density at radius 2 is 1.50 bits per heavy atom. The van der Waals surface area contributed by atoms with Crippen molar-refractivity contribution >= 4 is 34.8 Å². The third-order valence-electron chi connectivity index (χ3n) is 2.84. The van der Waals surface area contributed by atoms with Crippen LogP contribution in [0.3, 0.4) is 0 Å². The van der Waals surface area contributed by atoms with Crippen molar-refractivity contribution in [1.29, 1.82) is 0 Å². The summed E-state index contributed by atoms with van der Waals surface area (Å²) in [5.41, 5.74) is 0. The van der Waals surface area contributed by atoms with E-state index in [4.69, 9.17) is 44.3 Å². The number of ether oxygens (including phenoxy) is 2. The standard InChI is InChI=1S/C16H15Cl3O3/c1-10(8-21-13-4-2-11(17)3-5-13)9-22-16-14(18)6-12(20)7-15(16)19/h2-7,10,20H,8-9H2,1H3. The Morgan fingerprint density at radius 1 is 0.955 bits per heavy atom.